The molecule has 3 rings (SSSR count). The van der Waals surface area contributed by atoms with Crippen molar-refractivity contribution in [1.29, 1.82) is 0 Å². The summed E-state index contributed by atoms with van der Waals surface area (Å²) in [5.74, 6) is 1.17. The van der Waals surface area contributed by atoms with Crippen LogP contribution < -0.4 is 5.32 Å². The molecule has 3 nitrogen and oxygen atoms in total. The third-order valence-corrected chi connectivity index (χ3v) is 6.39. The third-order valence-electron chi connectivity index (χ3n) is 6.15. The van der Waals surface area contributed by atoms with Crippen molar-refractivity contribution in [2.45, 2.75) is 51.4 Å². The van der Waals surface area contributed by atoms with Gasteiger partial charge in [0.05, 0.1) is 5.41 Å². The van der Waals surface area contributed by atoms with E-state index < -0.39 is 0 Å². The number of halogens is 2. The van der Waals surface area contributed by atoms with E-state index in [0.29, 0.717) is 5.91 Å². The maximum atomic E-state index is 13.4. The number of carbonyl (C=O) groups is 1. The fourth-order valence-electron chi connectivity index (χ4n) is 4.66. The van der Waals surface area contributed by atoms with Crippen LogP contribution in [0.15, 0.2) is 24.3 Å². The summed E-state index contributed by atoms with van der Waals surface area (Å²) in [7, 11) is 2.01. The standard InChI is InChI=1S/C21H31ClN2O.ClH/c1-23-12-7-17-8-13-24(14-9-17)20(25)21(10-2-3-11-21)16-18-5-4-6-19(22)15-18;/h4-6,15,17,23H,2-3,7-14,16H2,1H3;1H. The molecule has 1 aliphatic heterocycles. The van der Waals surface area contributed by atoms with Gasteiger partial charge in [-0.05, 0) is 75.7 Å². The predicted molar refractivity (Wildman–Crippen MR) is 111 cm³/mol. The Labute approximate surface area is 169 Å². The van der Waals surface area contributed by atoms with Crippen LogP contribution >= 0.6 is 24.0 Å². The number of carbonyl (C=O) groups excluding carboxylic acids is 1. The number of likely N-dealkylation sites (tertiary alicyclic amines) is 1. The average molecular weight is 399 g/mol. The zero-order valence-electron chi connectivity index (χ0n) is 15.8. The van der Waals surface area contributed by atoms with E-state index in [1.54, 1.807) is 0 Å². The molecule has 0 bridgehead atoms. The van der Waals surface area contributed by atoms with E-state index in [-0.39, 0.29) is 17.8 Å². The van der Waals surface area contributed by atoms with Gasteiger partial charge < -0.3 is 10.2 Å². The fraction of sp³-hybridized carbons (Fsp3) is 0.667. The number of nitrogens with one attached hydrogen (secondary N) is 1. The first-order chi connectivity index (χ1) is 12.1. The Morgan fingerprint density at radius 1 is 1.27 bits per heavy atom. The van der Waals surface area contributed by atoms with Gasteiger partial charge in [-0.15, -0.1) is 12.4 Å². The zero-order chi connectivity index (χ0) is 17.7. The van der Waals surface area contributed by atoms with Gasteiger partial charge in [-0.2, -0.15) is 0 Å². The summed E-state index contributed by atoms with van der Waals surface area (Å²) in [4.78, 5) is 15.6. The van der Waals surface area contributed by atoms with Gasteiger partial charge >= 0.3 is 0 Å². The van der Waals surface area contributed by atoms with Crippen molar-refractivity contribution in [2.24, 2.45) is 11.3 Å². The first-order valence-electron chi connectivity index (χ1n) is 9.81. The molecule has 2 fully saturated rings. The molecule has 1 aromatic rings. The normalized spacial score (nSPS) is 20.0. The minimum Gasteiger partial charge on any atom is -0.342 e. The highest BCUT2D eigenvalue weighted by molar-refractivity contribution is 6.30. The van der Waals surface area contributed by atoms with Gasteiger partial charge in [-0.1, -0.05) is 36.6 Å². The van der Waals surface area contributed by atoms with Gasteiger partial charge in [0.1, 0.15) is 0 Å². The summed E-state index contributed by atoms with van der Waals surface area (Å²) in [6, 6.07) is 8.05. The van der Waals surface area contributed by atoms with Crippen LogP contribution in [0.25, 0.3) is 0 Å². The predicted octanol–water partition coefficient (Wildman–Crippen LogP) is 4.71. The van der Waals surface area contributed by atoms with E-state index in [1.807, 2.05) is 25.2 Å². The molecule has 1 amide bonds. The topological polar surface area (TPSA) is 32.3 Å². The second-order valence-corrected chi connectivity index (χ2v) is 8.36. The average Bonchev–Trinajstić information content (AvgIpc) is 3.09. The third kappa shape index (κ3) is 5.15. The smallest absolute Gasteiger partial charge is 0.229 e. The first-order valence-corrected chi connectivity index (χ1v) is 10.2. The Hall–Kier alpha value is -0.770. The zero-order valence-corrected chi connectivity index (χ0v) is 17.4. The molecule has 0 aromatic heterocycles. The Balaban J connectivity index is 0.00000243. The lowest BCUT2D eigenvalue weighted by molar-refractivity contribution is -0.143. The van der Waals surface area contributed by atoms with Crippen LogP contribution in [0.3, 0.4) is 0 Å². The molecule has 0 atom stereocenters. The summed E-state index contributed by atoms with van der Waals surface area (Å²) in [6.07, 6.45) is 8.77. The Morgan fingerprint density at radius 3 is 2.58 bits per heavy atom. The van der Waals surface area contributed by atoms with Gasteiger partial charge in [0.2, 0.25) is 5.91 Å². The van der Waals surface area contributed by atoms with Crippen molar-refractivity contribution in [3.8, 4) is 0 Å². The second kappa shape index (κ2) is 9.96. The molecule has 5 heteroatoms. The van der Waals surface area contributed by atoms with Crippen LogP contribution in [0.1, 0.15) is 50.5 Å². The molecule has 0 unspecified atom stereocenters. The van der Waals surface area contributed by atoms with Crippen LogP contribution in [-0.2, 0) is 11.2 Å². The van der Waals surface area contributed by atoms with Crippen molar-refractivity contribution in [1.82, 2.24) is 10.2 Å². The van der Waals surface area contributed by atoms with E-state index in [9.17, 15) is 4.79 Å². The van der Waals surface area contributed by atoms with Crippen LogP contribution in [0.5, 0.6) is 0 Å². The maximum absolute atomic E-state index is 13.4. The fourth-order valence-corrected chi connectivity index (χ4v) is 4.88. The molecule has 0 radical (unpaired) electrons. The van der Waals surface area contributed by atoms with Crippen molar-refractivity contribution in [2.75, 3.05) is 26.7 Å². The summed E-state index contributed by atoms with van der Waals surface area (Å²) in [5.41, 5.74) is 1.01. The highest BCUT2D eigenvalue weighted by Crippen LogP contribution is 2.43. The van der Waals surface area contributed by atoms with Gasteiger partial charge in [0.15, 0.2) is 0 Å². The Morgan fingerprint density at radius 2 is 1.96 bits per heavy atom. The molecule has 2 aliphatic rings. The molecular weight excluding hydrogens is 367 g/mol. The van der Waals surface area contributed by atoms with Crippen LogP contribution in [0, 0.1) is 11.3 Å². The van der Waals surface area contributed by atoms with E-state index in [4.69, 9.17) is 11.6 Å². The SMILES string of the molecule is CNCCC1CCN(C(=O)C2(Cc3cccc(Cl)c3)CCCC2)CC1.Cl. The second-order valence-electron chi connectivity index (χ2n) is 7.92. The summed E-state index contributed by atoms with van der Waals surface area (Å²) in [5, 5.41) is 4.01. The highest BCUT2D eigenvalue weighted by Gasteiger charge is 2.44. The van der Waals surface area contributed by atoms with Crippen molar-refractivity contribution >= 4 is 29.9 Å². The molecule has 1 aliphatic carbocycles. The van der Waals surface area contributed by atoms with Crippen LogP contribution in [0.4, 0.5) is 0 Å². The van der Waals surface area contributed by atoms with E-state index in [2.05, 4.69) is 16.3 Å². The molecular formula is C21H32Cl2N2O. The van der Waals surface area contributed by atoms with E-state index >= 15 is 0 Å². The number of hydrogen-bond acceptors (Lipinski definition) is 2. The molecule has 1 N–H and O–H groups in total. The number of nitrogens with zero attached hydrogens (tertiary/aromatic N) is 1. The number of piperidine rings is 1. The molecule has 1 saturated heterocycles. The first kappa shape index (κ1) is 21.5. The van der Waals surface area contributed by atoms with Crippen molar-refractivity contribution < 1.29 is 4.79 Å². The van der Waals surface area contributed by atoms with Gasteiger partial charge in [0.25, 0.3) is 0 Å². The van der Waals surface area contributed by atoms with Gasteiger partial charge in [0, 0.05) is 18.1 Å². The van der Waals surface area contributed by atoms with Crippen LogP contribution in [0.2, 0.25) is 5.02 Å². The lowest BCUT2D eigenvalue weighted by atomic mass is 9.78. The van der Waals surface area contributed by atoms with Crippen LogP contribution in [-0.4, -0.2) is 37.5 Å². The lowest BCUT2D eigenvalue weighted by Gasteiger charge is -2.38. The maximum Gasteiger partial charge on any atom is 0.229 e. The van der Waals surface area contributed by atoms with Gasteiger partial charge in [-0.3, -0.25) is 4.79 Å². The molecule has 26 heavy (non-hydrogen) atoms. The lowest BCUT2D eigenvalue weighted by Crippen LogP contribution is -2.47. The minimum absolute atomic E-state index is 0. The van der Waals surface area contributed by atoms with Crippen molar-refractivity contribution in [3.05, 3.63) is 34.9 Å². The summed E-state index contributed by atoms with van der Waals surface area (Å²) in [6.45, 7) is 2.95. The minimum atomic E-state index is -0.192. The monoisotopic (exact) mass is 398 g/mol. The molecule has 1 saturated carbocycles. The van der Waals surface area contributed by atoms with Gasteiger partial charge in [-0.25, -0.2) is 0 Å². The Kier molecular flexibility index (Phi) is 8.25. The molecule has 0 spiro atoms. The number of rotatable bonds is 6. The largest absolute Gasteiger partial charge is 0.342 e. The number of amides is 1. The summed E-state index contributed by atoms with van der Waals surface area (Å²) < 4.78 is 0. The van der Waals surface area contributed by atoms with E-state index in [0.717, 1.165) is 62.7 Å². The molecule has 1 heterocycles. The highest BCUT2D eigenvalue weighted by atomic mass is 35.5. The van der Waals surface area contributed by atoms with E-state index in [1.165, 1.54) is 24.8 Å². The number of hydrogen-bond donors (Lipinski definition) is 1. The summed E-state index contributed by atoms with van der Waals surface area (Å²) >= 11 is 6.16. The Bertz CT molecular complexity index is 579. The molecule has 146 valence electrons. The number of benzene rings is 1. The van der Waals surface area contributed by atoms with Crippen molar-refractivity contribution in [3.63, 3.8) is 0 Å². The quantitative estimate of drug-likeness (QED) is 0.751. The molecule has 1 aromatic carbocycles.